The summed E-state index contributed by atoms with van der Waals surface area (Å²) in [6.07, 6.45) is -2.79. The number of halogens is 3. The van der Waals surface area contributed by atoms with Gasteiger partial charge in [-0.25, -0.2) is 13.8 Å². The molecule has 0 aliphatic heterocycles. The van der Waals surface area contributed by atoms with Crippen LogP contribution in [0.15, 0.2) is 6.07 Å². The van der Waals surface area contributed by atoms with Crippen molar-refractivity contribution in [1.82, 2.24) is 4.98 Å². The van der Waals surface area contributed by atoms with Gasteiger partial charge in [0.2, 0.25) is 5.95 Å². The fourth-order valence-corrected chi connectivity index (χ4v) is 0.898. The van der Waals surface area contributed by atoms with Gasteiger partial charge in [0.1, 0.15) is 11.4 Å². The molecule has 0 atom stereocenters. The summed E-state index contributed by atoms with van der Waals surface area (Å²) in [5.74, 6) is -0.836. The Morgan fingerprint density at radius 1 is 1.46 bits per heavy atom. The second-order valence-corrected chi connectivity index (χ2v) is 2.47. The van der Waals surface area contributed by atoms with Crippen LogP contribution in [0, 0.1) is 12.9 Å². The summed E-state index contributed by atoms with van der Waals surface area (Å²) >= 11 is 0. The fourth-order valence-electron chi connectivity index (χ4n) is 0.898. The molecule has 13 heavy (non-hydrogen) atoms. The zero-order valence-corrected chi connectivity index (χ0v) is 7.14. The molecule has 72 valence electrons. The van der Waals surface area contributed by atoms with E-state index in [9.17, 15) is 13.2 Å². The smallest absolute Gasteiger partial charge is 0.280 e. The summed E-state index contributed by atoms with van der Waals surface area (Å²) in [7, 11) is 1.29. The fraction of sp³-hybridized carbons (Fsp3) is 0.375. The Hall–Kier alpha value is -1.26. The zero-order valence-electron chi connectivity index (χ0n) is 7.14. The summed E-state index contributed by atoms with van der Waals surface area (Å²) in [6.45, 7) is 1.41. The van der Waals surface area contributed by atoms with Crippen LogP contribution < -0.4 is 4.74 Å². The van der Waals surface area contributed by atoms with Crippen molar-refractivity contribution in [2.45, 2.75) is 13.3 Å². The number of hydrogen-bond acceptors (Lipinski definition) is 2. The maximum absolute atomic E-state index is 12.9. The Labute approximate surface area is 73.4 Å². The number of pyridine rings is 1. The van der Waals surface area contributed by atoms with Crippen LogP contribution in [0.4, 0.5) is 13.2 Å². The van der Waals surface area contributed by atoms with Gasteiger partial charge in [0.25, 0.3) is 6.43 Å². The summed E-state index contributed by atoms with van der Waals surface area (Å²) < 4.78 is 41.8. The molecular weight excluding hydrogens is 183 g/mol. The van der Waals surface area contributed by atoms with Crippen molar-refractivity contribution in [3.63, 3.8) is 0 Å². The van der Waals surface area contributed by atoms with E-state index in [1.807, 2.05) is 0 Å². The number of alkyl halides is 2. The molecule has 0 unspecified atom stereocenters. The third kappa shape index (κ3) is 1.91. The lowest BCUT2D eigenvalue weighted by Gasteiger charge is -2.07. The Balaban J connectivity index is 3.22. The van der Waals surface area contributed by atoms with E-state index < -0.39 is 18.1 Å². The average Bonchev–Trinajstić information content (AvgIpc) is 2.09. The number of nitrogens with zero attached hydrogens (tertiary/aromatic N) is 1. The first kappa shape index (κ1) is 9.83. The van der Waals surface area contributed by atoms with Gasteiger partial charge in [-0.3, -0.25) is 0 Å². The van der Waals surface area contributed by atoms with Gasteiger partial charge in [0.05, 0.1) is 7.11 Å². The predicted molar refractivity (Wildman–Crippen MR) is 40.4 cm³/mol. The first-order valence-corrected chi connectivity index (χ1v) is 3.55. The minimum Gasteiger partial charge on any atom is -0.496 e. The lowest BCUT2D eigenvalue weighted by atomic mass is 10.2. The highest BCUT2D eigenvalue weighted by molar-refractivity contribution is 5.33. The van der Waals surface area contributed by atoms with Crippen molar-refractivity contribution in [1.29, 1.82) is 0 Å². The number of hydrogen-bond donors (Lipinski definition) is 0. The highest BCUT2D eigenvalue weighted by Gasteiger charge is 2.15. The SMILES string of the molecule is COc1cc(C(F)F)nc(F)c1C. The highest BCUT2D eigenvalue weighted by Crippen LogP contribution is 2.25. The molecule has 0 saturated carbocycles. The largest absolute Gasteiger partial charge is 0.496 e. The van der Waals surface area contributed by atoms with Gasteiger partial charge in [-0.05, 0) is 6.92 Å². The van der Waals surface area contributed by atoms with Crippen LogP contribution in [-0.4, -0.2) is 12.1 Å². The van der Waals surface area contributed by atoms with Crippen LogP contribution in [0.3, 0.4) is 0 Å². The second kappa shape index (κ2) is 3.64. The van der Waals surface area contributed by atoms with Gasteiger partial charge in [-0.1, -0.05) is 0 Å². The van der Waals surface area contributed by atoms with Crippen LogP contribution in [0.5, 0.6) is 5.75 Å². The van der Waals surface area contributed by atoms with Crippen LogP contribution in [0.2, 0.25) is 0 Å². The summed E-state index contributed by atoms with van der Waals surface area (Å²) in [6, 6.07) is 1.03. The molecule has 0 radical (unpaired) electrons. The quantitative estimate of drug-likeness (QED) is 0.670. The highest BCUT2D eigenvalue weighted by atomic mass is 19.3. The standard InChI is InChI=1S/C8H8F3NO/c1-4-6(13-2)3-5(7(9)10)12-8(4)11/h3,7H,1-2H3. The Kier molecular flexibility index (Phi) is 2.75. The molecule has 0 aliphatic carbocycles. The van der Waals surface area contributed by atoms with Gasteiger partial charge in [0, 0.05) is 11.6 Å². The Bertz CT molecular complexity index is 315. The molecule has 1 aromatic heterocycles. The van der Waals surface area contributed by atoms with Crippen molar-refractivity contribution in [2.75, 3.05) is 7.11 Å². The predicted octanol–water partition coefficient (Wildman–Crippen LogP) is 2.48. The second-order valence-electron chi connectivity index (χ2n) is 2.47. The molecule has 5 heteroatoms. The van der Waals surface area contributed by atoms with Crippen molar-refractivity contribution >= 4 is 0 Å². The molecule has 2 nitrogen and oxygen atoms in total. The maximum Gasteiger partial charge on any atom is 0.280 e. The third-order valence-electron chi connectivity index (χ3n) is 1.63. The summed E-state index contributed by atoms with van der Waals surface area (Å²) in [5, 5.41) is 0. The van der Waals surface area contributed by atoms with Crippen LogP contribution in [-0.2, 0) is 0 Å². The van der Waals surface area contributed by atoms with Gasteiger partial charge < -0.3 is 4.74 Å². The Morgan fingerprint density at radius 2 is 2.08 bits per heavy atom. The van der Waals surface area contributed by atoms with Crippen LogP contribution in [0.25, 0.3) is 0 Å². The minimum absolute atomic E-state index is 0.0859. The van der Waals surface area contributed by atoms with E-state index in [2.05, 4.69) is 4.98 Å². The molecule has 0 fully saturated rings. The van der Waals surface area contributed by atoms with E-state index >= 15 is 0 Å². The topological polar surface area (TPSA) is 22.1 Å². The van der Waals surface area contributed by atoms with E-state index in [4.69, 9.17) is 4.74 Å². The van der Waals surface area contributed by atoms with Crippen LogP contribution in [0.1, 0.15) is 17.7 Å². The normalized spacial score (nSPS) is 10.6. The number of rotatable bonds is 2. The molecular formula is C8H8F3NO. The van der Waals surface area contributed by atoms with Crippen LogP contribution >= 0.6 is 0 Å². The van der Waals surface area contributed by atoms with Gasteiger partial charge in [0.15, 0.2) is 0 Å². The lowest BCUT2D eigenvalue weighted by Crippen LogP contribution is -1.99. The summed E-state index contributed by atoms with van der Waals surface area (Å²) in [4.78, 5) is 3.08. The van der Waals surface area contributed by atoms with Gasteiger partial charge in [-0.15, -0.1) is 0 Å². The molecule has 1 heterocycles. The van der Waals surface area contributed by atoms with Gasteiger partial charge >= 0.3 is 0 Å². The third-order valence-corrected chi connectivity index (χ3v) is 1.63. The monoisotopic (exact) mass is 191 g/mol. The molecule has 0 spiro atoms. The first-order chi connectivity index (χ1) is 6.06. The molecule has 0 saturated heterocycles. The van der Waals surface area contributed by atoms with Gasteiger partial charge in [-0.2, -0.15) is 4.39 Å². The van der Waals surface area contributed by atoms with Crippen molar-refractivity contribution in [3.8, 4) is 5.75 Å². The van der Waals surface area contributed by atoms with Crippen molar-refractivity contribution in [2.24, 2.45) is 0 Å². The minimum atomic E-state index is -2.79. The number of aromatic nitrogens is 1. The molecule has 0 amide bonds. The summed E-state index contributed by atoms with van der Waals surface area (Å²) in [5.41, 5.74) is -0.480. The zero-order chi connectivity index (χ0) is 10.0. The lowest BCUT2D eigenvalue weighted by molar-refractivity contribution is 0.144. The van der Waals surface area contributed by atoms with E-state index in [0.29, 0.717) is 0 Å². The van der Waals surface area contributed by atoms with E-state index in [1.54, 1.807) is 0 Å². The molecule has 1 rings (SSSR count). The van der Waals surface area contributed by atoms with E-state index in [-0.39, 0.29) is 11.3 Å². The Morgan fingerprint density at radius 3 is 2.54 bits per heavy atom. The number of methoxy groups -OCH3 is 1. The molecule has 0 aromatic carbocycles. The van der Waals surface area contributed by atoms with Crippen molar-refractivity contribution < 1.29 is 17.9 Å². The first-order valence-electron chi connectivity index (χ1n) is 3.55. The average molecular weight is 191 g/mol. The van der Waals surface area contributed by atoms with Crippen molar-refractivity contribution in [3.05, 3.63) is 23.3 Å². The van der Waals surface area contributed by atoms with E-state index in [1.165, 1.54) is 14.0 Å². The molecule has 1 aromatic rings. The maximum atomic E-state index is 12.9. The molecule has 0 bridgehead atoms. The number of ether oxygens (including phenoxy) is 1. The molecule has 0 N–H and O–H groups in total. The van der Waals surface area contributed by atoms with E-state index in [0.717, 1.165) is 6.07 Å². The molecule has 0 aliphatic rings.